The van der Waals surface area contributed by atoms with Crippen molar-refractivity contribution in [1.29, 1.82) is 0 Å². The maximum absolute atomic E-state index is 12.0. The van der Waals surface area contributed by atoms with E-state index in [0.29, 0.717) is 5.69 Å². The van der Waals surface area contributed by atoms with Gasteiger partial charge in [0, 0.05) is 11.8 Å². The smallest absolute Gasteiger partial charge is 0.335 e. The van der Waals surface area contributed by atoms with Crippen LogP contribution in [0.4, 0.5) is 8.78 Å². The number of nitrogens with zero attached hydrogens (tertiary/aromatic N) is 1. The predicted molar refractivity (Wildman–Crippen MR) is 56.8 cm³/mol. The van der Waals surface area contributed by atoms with Crippen molar-refractivity contribution in [1.82, 2.24) is 4.98 Å². The predicted octanol–water partition coefficient (Wildman–Crippen LogP) is 2.55. The van der Waals surface area contributed by atoms with Crippen LogP contribution in [-0.4, -0.2) is 29.1 Å². The zero-order valence-corrected chi connectivity index (χ0v) is 9.48. The summed E-state index contributed by atoms with van der Waals surface area (Å²) in [7, 11) is 0. The van der Waals surface area contributed by atoms with Crippen molar-refractivity contribution in [2.75, 3.05) is 6.61 Å². The molecule has 0 aliphatic rings. The number of alkyl halides is 2. The van der Waals surface area contributed by atoms with E-state index in [9.17, 15) is 13.6 Å². The van der Waals surface area contributed by atoms with Crippen LogP contribution >= 0.6 is 0 Å². The summed E-state index contributed by atoms with van der Waals surface area (Å²) in [4.78, 5) is 14.8. The molecule has 0 saturated heterocycles. The Morgan fingerprint density at radius 1 is 1.47 bits per heavy atom. The van der Waals surface area contributed by atoms with Crippen molar-refractivity contribution >= 4 is 5.97 Å². The van der Waals surface area contributed by atoms with Crippen LogP contribution in [0.25, 0.3) is 0 Å². The molecular formula is C11H13F2NO3. The second-order valence-corrected chi connectivity index (χ2v) is 3.78. The number of aromatic nitrogens is 1. The van der Waals surface area contributed by atoms with Gasteiger partial charge in [-0.15, -0.1) is 0 Å². The molecule has 0 spiro atoms. The minimum absolute atomic E-state index is 0.0109. The highest BCUT2D eigenvalue weighted by molar-refractivity contribution is 5.88. The molecular weight excluding hydrogens is 232 g/mol. The molecule has 1 aromatic heterocycles. The monoisotopic (exact) mass is 245 g/mol. The van der Waals surface area contributed by atoms with Gasteiger partial charge in [0.2, 0.25) is 5.88 Å². The molecule has 1 aromatic rings. The van der Waals surface area contributed by atoms with E-state index < -0.39 is 19.0 Å². The van der Waals surface area contributed by atoms with Crippen LogP contribution in [0, 0.1) is 0 Å². The summed E-state index contributed by atoms with van der Waals surface area (Å²) in [6.07, 6.45) is -2.62. The van der Waals surface area contributed by atoms with Crippen molar-refractivity contribution in [3.63, 3.8) is 0 Å². The van der Waals surface area contributed by atoms with Gasteiger partial charge in [0.15, 0.2) is 6.61 Å². The Balaban J connectivity index is 2.99. The lowest BCUT2D eigenvalue weighted by molar-refractivity contribution is 0.0693. The van der Waals surface area contributed by atoms with Crippen molar-refractivity contribution in [3.05, 3.63) is 23.4 Å². The number of carboxylic acids is 1. The average molecular weight is 245 g/mol. The van der Waals surface area contributed by atoms with Gasteiger partial charge in [0.1, 0.15) is 0 Å². The first-order valence-electron chi connectivity index (χ1n) is 5.06. The second kappa shape index (κ2) is 5.56. The second-order valence-electron chi connectivity index (χ2n) is 3.78. The summed E-state index contributed by atoms with van der Waals surface area (Å²) >= 11 is 0. The van der Waals surface area contributed by atoms with Gasteiger partial charge in [-0.05, 0) is 12.0 Å². The molecule has 0 bridgehead atoms. The molecule has 1 N–H and O–H groups in total. The molecule has 17 heavy (non-hydrogen) atoms. The van der Waals surface area contributed by atoms with Crippen LogP contribution in [0.5, 0.6) is 5.88 Å². The van der Waals surface area contributed by atoms with E-state index in [4.69, 9.17) is 9.84 Å². The minimum atomic E-state index is -2.62. The number of carboxylic acid groups (broad SMARTS) is 1. The highest BCUT2D eigenvalue weighted by atomic mass is 19.3. The van der Waals surface area contributed by atoms with Crippen LogP contribution in [-0.2, 0) is 0 Å². The molecule has 1 rings (SSSR count). The number of hydrogen-bond donors (Lipinski definition) is 1. The van der Waals surface area contributed by atoms with E-state index >= 15 is 0 Å². The van der Waals surface area contributed by atoms with Crippen LogP contribution in [0.15, 0.2) is 12.1 Å². The number of carbonyl (C=O) groups is 1. The third-order valence-corrected chi connectivity index (χ3v) is 2.02. The molecule has 0 fully saturated rings. The van der Waals surface area contributed by atoms with E-state index in [1.54, 1.807) is 0 Å². The summed E-state index contributed by atoms with van der Waals surface area (Å²) in [5.74, 6) is -1.24. The Hall–Kier alpha value is -1.72. The first-order valence-corrected chi connectivity index (χ1v) is 5.06. The molecule has 0 atom stereocenters. The molecule has 1 heterocycles. The molecule has 6 heteroatoms. The van der Waals surface area contributed by atoms with Crippen molar-refractivity contribution < 1.29 is 23.4 Å². The molecule has 0 aliphatic carbocycles. The zero-order chi connectivity index (χ0) is 13.0. The highest BCUT2D eigenvalue weighted by Crippen LogP contribution is 2.19. The molecule has 94 valence electrons. The number of hydrogen-bond acceptors (Lipinski definition) is 3. The number of rotatable bonds is 5. The summed E-state index contributed by atoms with van der Waals surface area (Å²) in [6, 6.07) is 2.54. The quantitative estimate of drug-likeness (QED) is 0.866. The van der Waals surface area contributed by atoms with Crippen LogP contribution in [0.1, 0.15) is 35.8 Å². The number of aromatic carboxylic acids is 1. The molecule has 0 radical (unpaired) electrons. The largest absolute Gasteiger partial charge is 0.478 e. The first-order chi connectivity index (χ1) is 7.90. The van der Waals surface area contributed by atoms with Crippen LogP contribution < -0.4 is 4.74 Å². The van der Waals surface area contributed by atoms with E-state index in [1.165, 1.54) is 6.07 Å². The molecule has 0 aliphatic heterocycles. The van der Waals surface area contributed by atoms with Gasteiger partial charge in [-0.3, -0.25) is 0 Å². The maximum Gasteiger partial charge on any atom is 0.335 e. The van der Waals surface area contributed by atoms with Gasteiger partial charge in [-0.1, -0.05) is 13.8 Å². The summed E-state index contributed by atoms with van der Waals surface area (Å²) < 4.78 is 28.7. The SMILES string of the molecule is CC(C)c1cc(C(=O)O)cc(OCC(F)F)n1. The first kappa shape index (κ1) is 13.3. The van der Waals surface area contributed by atoms with Gasteiger partial charge >= 0.3 is 5.97 Å². The number of halogens is 2. The fraction of sp³-hybridized carbons (Fsp3) is 0.455. The van der Waals surface area contributed by atoms with Crippen molar-refractivity contribution in [2.45, 2.75) is 26.2 Å². The van der Waals surface area contributed by atoms with Gasteiger partial charge in [-0.25, -0.2) is 18.6 Å². The topological polar surface area (TPSA) is 59.4 Å². The lowest BCUT2D eigenvalue weighted by atomic mass is 10.1. The maximum atomic E-state index is 12.0. The van der Waals surface area contributed by atoms with E-state index in [-0.39, 0.29) is 17.4 Å². The van der Waals surface area contributed by atoms with Gasteiger partial charge in [0.05, 0.1) is 5.56 Å². The Labute approximate surface area is 97.2 Å². The fourth-order valence-corrected chi connectivity index (χ4v) is 1.17. The van der Waals surface area contributed by atoms with Crippen molar-refractivity contribution in [3.8, 4) is 5.88 Å². The zero-order valence-electron chi connectivity index (χ0n) is 9.48. The van der Waals surface area contributed by atoms with Gasteiger partial charge < -0.3 is 9.84 Å². The minimum Gasteiger partial charge on any atom is -0.478 e. The Bertz CT molecular complexity index is 408. The van der Waals surface area contributed by atoms with Gasteiger partial charge in [0.25, 0.3) is 6.43 Å². The average Bonchev–Trinajstić information content (AvgIpc) is 2.25. The molecule has 0 saturated carbocycles. The van der Waals surface area contributed by atoms with Crippen LogP contribution in [0.3, 0.4) is 0 Å². The van der Waals surface area contributed by atoms with E-state index in [0.717, 1.165) is 6.07 Å². The summed E-state index contributed by atoms with van der Waals surface area (Å²) in [5, 5.41) is 8.86. The Kier molecular flexibility index (Phi) is 4.37. The normalized spacial score (nSPS) is 10.9. The third kappa shape index (κ3) is 3.97. The summed E-state index contributed by atoms with van der Waals surface area (Å²) in [5.41, 5.74) is 0.474. The van der Waals surface area contributed by atoms with Crippen molar-refractivity contribution in [2.24, 2.45) is 0 Å². The van der Waals surface area contributed by atoms with Crippen LogP contribution in [0.2, 0.25) is 0 Å². The number of pyridine rings is 1. The van der Waals surface area contributed by atoms with E-state index in [1.807, 2.05) is 13.8 Å². The molecule has 0 unspecified atom stereocenters. The van der Waals surface area contributed by atoms with E-state index in [2.05, 4.69) is 4.98 Å². The third-order valence-electron chi connectivity index (χ3n) is 2.02. The molecule has 0 amide bonds. The lowest BCUT2D eigenvalue weighted by Gasteiger charge is -2.10. The lowest BCUT2D eigenvalue weighted by Crippen LogP contribution is -2.10. The molecule has 0 aromatic carbocycles. The fourth-order valence-electron chi connectivity index (χ4n) is 1.17. The molecule has 4 nitrogen and oxygen atoms in total. The Morgan fingerprint density at radius 2 is 2.12 bits per heavy atom. The van der Waals surface area contributed by atoms with Gasteiger partial charge in [-0.2, -0.15) is 0 Å². The Morgan fingerprint density at radius 3 is 2.59 bits per heavy atom. The number of ether oxygens (including phenoxy) is 1. The standard InChI is InChI=1S/C11H13F2NO3/c1-6(2)8-3-7(11(15)16)4-10(14-8)17-5-9(12)13/h3-4,6,9H,5H2,1-2H3,(H,15,16). The summed E-state index contributed by atoms with van der Waals surface area (Å²) in [6.45, 7) is 2.85. The highest BCUT2D eigenvalue weighted by Gasteiger charge is 2.12.